The van der Waals surface area contributed by atoms with E-state index in [1.54, 1.807) is 12.4 Å². The highest BCUT2D eigenvalue weighted by Crippen LogP contribution is 2.22. The predicted octanol–water partition coefficient (Wildman–Crippen LogP) is 1.27. The molecule has 31 heavy (non-hydrogen) atoms. The van der Waals surface area contributed by atoms with Gasteiger partial charge in [0.25, 0.3) is 5.91 Å². The van der Waals surface area contributed by atoms with Crippen LogP contribution in [0.1, 0.15) is 23.3 Å². The second kappa shape index (κ2) is 8.50. The van der Waals surface area contributed by atoms with Crippen LogP contribution < -0.4 is 15.1 Å². The van der Waals surface area contributed by atoms with E-state index in [0.29, 0.717) is 5.69 Å². The molecule has 2 fully saturated rings. The number of nitrogens with zero attached hydrogens (tertiary/aromatic N) is 7. The van der Waals surface area contributed by atoms with Crippen molar-refractivity contribution in [1.29, 1.82) is 0 Å². The van der Waals surface area contributed by atoms with E-state index in [1.807, 2.05) is 35.0 Å². The number of amides is 1. The molecule has 1 amide bonds. The third kappa shape index (κ3) is 4.18. The summed E-state index contributed by atoms with van der Waals surface area (Å²) < 4.78 is 1.90. The molecule has 0 bridgehead atoms. The largest absolute Gasteiger partial charge is 0.353 e. The minimum atomic E-state index is -0.112. The van der Waals surface area contributed by atoms with Crippen LogP contribution in [0.3, 0.4) is 0 Å². The van der Waals surface area contributed by atoms with Crippen molar-refractivity contribution in [1.82, 2.24) is 29.6 Å². The van der Waals surface area contributed by atoms with Crippen LogP contribution in [0, 0.1) is 0 Å². The van der Waals surface area contributed by atoms with Crippen molar-refractivity contribution >= 4 is 23.2 Å². The molecule has 5 heterocycles. The van der Waals surface area contributed by atoms with Gasteiger partial charge in [0.1, 0.15) is 11.5 Å². The molecule has 5 rings (SSSR count). The number of anilines is 2. The first-order valence-corrected chi connectivity index (χ1v) is 10.9. The number of likely N-dealkylation sites (tertiary alicyclic amines) is 1. The molecular formula is C22H28N8O. The highest BCUT2D eigenvalue weighted by molar-refractivity contribution is 5.93. The average Bonchev–Trinajstić information content (AvgIpc) is 3.29. The summed E-state index contributed by atoms with van der Waals surface area (Å²) >= 11 is 0. The van der Waals surface area contributed by atoms with Gasteiger partial charge in [-0.1, -0.05) is 6.07 Å². The van der Waals surface area contributed by atoms with E-state index in [9.17, 15) is 4.79 Å². The number of carbonyl (C=O) groups excluding carboxylic acids is 1. The molecule has 0 aliphatic carbocycles. The maximum atomic E-state index is 13.0. The molecule has 2 aliphatic heterocycles. The molecular weight excluding hydrogens is 392 g/mol. The van der Waals surface area contributed by atoms with Gasteiger partial charge in [-0.25, -0.2) is 15.0 Å². The van der Waals surface area contributed by atoms with Crippen LogP contribution in [0.4, 0.5) is 11.6 Å². The number of hydrogen-bond donors (Lipinski definition) is 1. The number of aromatic nitrogens is 4. The van der Waals surface area contributed by atoms with Crippen LogP contribution >= 0.6 is 0 Å². The molecule has 162 valence electrons. The van der Waals surface area contributed by atoms with E-state index in [1.165, 1.54) is 0 Å². The van der Waals surface area contributed by atoms with Crippen molar-refractivity contribution in [3.8, 4) is 0 Å². The van der Waals surface area contributed by atoms with Gasteiger partial charge < -0.3 is 24.4 Å². The number of piperidine rings is 1. The van der Waals surface area contributed by atoms with Gasteiger partial charge in [-0.2, -0.15) is 0 Å². The zero-order valence-electron chi connectivity index (χ0n) is 17.8. The quantitative estimate of drug-likeness (QED) is 0.681. The minimum absolute atomic E-state index is 0.112. The zero-order chi connectivity index (χ0) is 21.2. The van der Waals surface area contributed by atoms with Crippen LogP contribution in [0.2, 0.25) is 0 Å². The number of carbonyl (C=O) groups is 1. The van der Waals surface area contributed by atoms with Crippen molar-refractivity contribution in [2.45, 2.75) is 18.9 Å². The number of rotatable bonds is 4. The second-order valence-electron chi connectivity index (χ2n) is 8.32. The summed E-state index contributed by atoms with van der Waals surface area (Å²) in [4.78, 5) is 33.5. The lowest BCUT2D eigenvalue weighted by atomic mass is 10.1. The Balaban J connectivity index is 1.33. The van der Waals surface area contributed by atoms with Gasteiger partial charge in [0.05, 0.1) is 0 Å². The van der Waals surface area contributed by atoms with E-state index >= 15 is 0 Å². The van der Waals surface area contributed by atoms with Gasteiger partial charge in [0.2, 0.25) is 0 Å². The van der Waals surface area contributed by atoms with Gasteiger partial charge in [0.15, 0.2) is 11.5 Å². The first-order valence-electron chi connectivity index (χ1n) is 10.9. The Hall–Kier alpha value is -3.20. The Morgan fingerprint density at radius 2 is 1.77 bits per heavy atom. The molecule has 0 spiro atoms. The molecule has 3 aromatic rings. The molecule has 9 nitrogen and oxygen atoms in total. The number of nitrogens with one attached hydrogen (secondary N) is 1. The summed E-state index contributed by atoms with van der Waals surface area (Å²) in [5.41, 5.74) is 1.22. The third-order valence-corrected chi connectivity index (χ3v) is 6.20. The van der Waals surface area contributed by atoms with Gasteiger partial charge in [-0.15, -0.1) is 0 Å². The van der Waals surface area contributed by atoms with E-state index < -0.39 is 0 Å². The molecule has 0 unspecified atom stereocenters. The number of hydrogen-bond acceptors (Lipinski definition) is 7. The molecule has 2 saturated heterocycles. The molecule has 1 N–H and O–H groups in total. The fourth-order valence-corrected chi connectivity index (χ4v) is 4.34. The van der Waals surface area contributed by atoms with Crippen LogP contribution in [0.5, 0.6) is 0 Å². The summed E-state index contributed by atoms with van der Waals surface area (Å²) in [6, 6.07) is 6.18. The van der Waals surface area contributed by atoms with Gasteiger partial charge in [-0.05, 0) is 45.1 Å². The second-order valence-corrected chi connectivity index (χ2v) is 8.32. The van der Waals surface area contributed by atoms with Gasteiger partial charge in [0, 0.05) is 57.0 Å². The third-order valence-electron chi connectivity index (χ3n) is 6.20. The normalized spacial score (nSPS) is 18.5. The Labute approximate surface area is 181 Å². The Bertz CT molecular complexity index is 1040. The highest BCUT2D eigenvalue weighted by atomic mass is 16.2. The van der Waals surface area contributed by atoms with E-state index in [-0.39, 0.29) is 11.9 Å². The number of piperazine rings is 1. The number of imidazole rings is 1. The van der Waals surface area contributed by atoms with Crippen LogP contribution in [0.25, 0.3) is 5.65 Å². The van der Waals surface area contributed by atoms with E-state index in [4.69, 9.17) is 4.98 Å². The first-order chi connectivity index (χ1) is 15.2. The van der Waals surface area contributed by atoms with Crippen LogP contribution in [-0.4, -0.2) is 82.5 Å². The molecule has 2 aliphatic rings. The number of pyridine rings is 1. The fraction of sp³-hybridized carbons (Fsp3) is 0.455. The Kier molecular flexibility index (Phi) is 5.42. The van der Waals surface area contributed by atoms with Crippen molar-refractivity contribution < 1.29 is 4.79 Å². The summed E-state index contributed by atoms with van der Waals surface area (Å²) in [7, 11) is 2.12. The van der Waals surface area contributed by atoms with Crippen molar-refractivity contribution in [3.05, 3.63) is 48.7 Å². The lowest BCUT2D eigenvalue weighted by Crippen LogP contribution is -2.47. The van der Waals surface area contributed by atoms with Gasteiger partial charge in [-0.3, -0.25) is 4.79 Å². The molecule has 0 radical (unpaired) electrons. The summed E-state index contributed by atoms with van der Waals surface area (Å²) in [5, 5.41) is 3.17. The summed E-state index contributed by atoms with van der Waals surface area (Å²) in [6.45, 7) is 5.29. The molecule has 0 atom stereocenters. The zero-order valence-corrected chi connectivity index (χ0v) is 17.8. The predicted molar refractivity (Wildman–Crippen MR) is 120 cm³/mol. The lowest BCUT2D eigenvalue weighted by Gasteiger charge is -2.36. The lowest BCUT2D eigenvalue weighted by molar-refractivity contribution is 0.0911. The van der Waals surface area contributed by atoms with Crippen molar-refractivity contribution in [3.63, 3.8) is 0 Å². The van der Waals surface area contributed by atoms with Crippen LogP contribution in [-0.2, 0) is 0 Å². The topological polar surface area (TPSA) is 81.9 Å². The maximum Gasteiger partial charge on any atom is 0.271 e. The van der Waals surface area contributed by atoms with Crippen molar-refractivity contribution in [2.75, 3.05) is 56.1 Å². The molecule has 0 saturated carbocycles. The maximum absolute atomic E-state index is 13.0. The average molecular weight is 421 g/mol. The minimum Gasteiger partial charge on any atom is -0.353 e. The first kappa shape index (κ1) is 19.7. The van der Waals surface area contributed by atoms with Crippen LogP contribution in [0.15, 0.2) is 43.0 Å². The standard InChI is InChI=1S/C22H28N8O/c1-27-9-5-17(6-10-27)25-22(31)18-16-30-11-8-24-20(30)21(26-18)29-14-12-28(13-15-29)19-4-2-3-7-23-19/h2-4,7-8,11,16-17H,5-6,9-10,12-15H2,1H3,(H,25,31). The molecule has 0 aromatic carbocycles. The SMILES string of the molecule is CN1CCC(NC(=O)c2cn3ccnc3c(N3CCN(c4ccccn4)CC3)n2)CC1. The van der Waals surface area contributed by atoms with E-state index in [0.717, 1.165) is 69.4 Å². The summed E-state index contributed by atoms with van der Waals surface area (Å²) in [6.07, 6.45) is 9.17. The fourth-order valence-electron chi connectivity index (χ4n) is 4.34. The number of fused-ring (bicyclic) bond motifs is 1. The van der Waals surface area contributed by atoms with Gasteiger partial charge >= 0.3 is 0 Å². The van der Waals surface area contributed by atoms with E-state index in [2.05, 4.69) is 37.0 Å². The molecule has 3 aromatic heterocycles. The molecule has 9 heteroatoms. The smallest absolute Gasteiger partial charge is 0.271 e. The summed E-state index contributed by atoms with van der Waals surface area (Å²) in [5.74, 6) is 1.65. The van der Waals surface area contributed by atoms with Crippen molar-refractivity contribution in [2.24, 2.45) is 0 Å². The highest BCUT2D eigenvalue weighted by Gasteiger charge is 2.24. The Morgan fingerprint density at radius 3 is 2.52 bits per heavy atom. The monoisotopic (exact) mass is 420 g/mol. The Morgan fingerprint density at radius 1 is 1.00 bits per heavy atom.